The largest absolute Gasteiger partial charge is 0.398 e. The van der Waals surface area contributed by atoms with E-state index in [9.17, 15) is 0 Å². The van der Waals surface area contributed by atoms with Gasteiger partial charge in [0.15, 0.2) is 0 Å². The normalized spacial score (nSPS) is 12.5. The van der Waals surface area contributed by atoms with E-state index in [1.165, 1.54) is 0 Å². The first kappa shape index (κ1) is 24.5. The zero-order chi connectivity index (χ0) is 17.8. The van der Waals surface area contributed by atoms with Crippen molar-refractivity contribution in [1.82, 2.24) is 0 Å². The average molecular weight is 353 g/mol. The highest BCUT2D eigenvalue weighted by atomic mass is 28.4. The fourth-order valence-corrected chi connectivity index (χ4v) is 9.21. The molecular weight excluding hydrogens is 312 g/mol. The second-order valence-electron chi connectivity index (χ2n) is 6.26. The van der Waals surface area contributed by atoms with Gasteiger partial charge in [-0.2, -0.15) is 0 Å². The van der Waals surface area contributed by atoms with Crippen LogP contribution in [-0.2, 0) is 17.7 Å². The molecule has 0 bridgehead atoms. The van der Waals surface area contributed by atoms with Crippen molar-refractivity contribution in [1.29, 1.82) is 0 Å². The van der Waals surface area contributed by atoms with Gasteiger partial charge in [0.2, 0.25) is 0 Å². The predicted molar refractivity (Wildman–Crippen MR) is 99.9 cm³/mol. The summed E-state index contributed by atoms with van der Waals surface area (Å²) < 4.78 is 22.0. The van der Waals surface area contributed by atoms with Gasteiger partial charge in [0.05, 0.1) is 0 Å². The zero-order valence-electron chi connectivity index (χ0n) is 16.6. The standard InChI is InChI=1S/2C8H20O2Si/c1-7(2)11(9-5,10-6)8(3)4;1-5-7-11(9-3,10-4)8-6-2/h7-8H,1-6H3;5-8H2,1-4H3. The third-order valence-electron chi connectivity index (χ3n) is 4.25. The van der Waals surface area contributed by atoms with Gasteiger partial charge < -0.3 is 17.7 Å². The van der Waals surface area contributed by atoms with Crippen molar-refractivity contribution in [2.45, 2.75) is 77.6 Å². The number of hydrogen-bond donors (Lipinski definition) is 0. The van der Waals surface area contributed by atoms with Crippen molar-refractivity contribution in [3.05, 3.63) is 0 Å². The minimum atomic E-state index is -1.90. The van der Waals surface area contributed by atoms with Crippen LogP contribution in [0.3, 0.4) is 0 Å². The molecule has 136 valence electrons. The molecule has 0 spiro atoms. The smallest absolute Gasteiger partial charge is 0.342 e. The van der Waals surface area contributed by atoms with E-state index in [-0.39, 0.29) is 0 Å². The molecule has 0 fully saturated rings. The van der Waals surface area contributed by atoms with Crippen LogP contribution in [0.25, 0.3) is 0 Å². The molecule has 0 aliphatic rings. The molecule has 0 amide bonds. The molecule has 4 nitrogen and oxygen atoms in total. The predicted octanol–water partition coefficient (Wildman–Crippen LogP) is 5.08. The van der Waals surface area contributed by atoms with Crippen LogP contribution >= 0.6 is 0 Å². The monoisotopic (exact) mass is 352 g/mol. The minimum Gasteiger partial charge on any atom is -0.398 e. The summed E-state index contributed by atoms with van der Waals surface area (Å²) in [4.78, 5) is 0. The maximum atomic E-state index is 5.53. The lowest BCUT2D eigenvalue weighted by atomic mass is 10.5. The van der Waals surface area contributed by atoms with Crippen LogP contribution in [0.15, 0.2) is 0 Å². The summed E-state index contributed by atoms with van der Waals surface area (Å²) in [6.07, 6.45) is 2.32. The van der Waals surface area contributed by atoms with E-state index >= 15 is 0 Å². The Morgan fingerprint density at radius 3 is 1.05 bits per heavy atom. The Kier molecular flexibility index (Phi) is 14.1. The molecule has 22 heavy (non-hydrogen) atoms. The van der Waals surface area contributed by atoms with Gasteiger partial charge in [-0.3, -0.25) is 0 Å². The zero-order valence-corrected chi connectivity index (χ0v) is 18.6. The average Bonchev–Trinajstić information content (AvgIpc) is 2.48. The van der Waals surface area contributed by atoms with Crippen molar-refractivity contribution in [3.63, 3.8) is 0 Å². The van der Waals surface area contributed by atoms with Gasteiger partial charge in [-0.25, -0.2) is 0 Å². The highest BCUT2D eigenvalue weighted by molar-refractivity contribution is 6.70. The summed E-state index contributed by atoms with van der Waals surface area (Å²) in [6, 6.07) is 2.24. The second kappa shape index (κ2) is 12.7. The highest BCUT2D eigenvalue weighted by Crippen LogP contribution is 2.32. The molecule has 0 heterocycles. The molecule has 0 aliphatic carbocycles. The first-order chi connectivity index (χ1) is 10.3. The van der Waals surface area contributed by atoms with Gasteiger partial charge in [0, 0.05) is 28.4 Å². The van der Waals surface area contributed by atoms with Crippen LogP contribution in [0.5, 0.6) is 0 Å². The van der Waals surface area contributed by atoms with Crippen molar-refractivity contribution < 1.29 is 17.7 Å². The Balaban J connectivity index is 0. The van der Waals surface area contributed by atoms with Crippen molar-refractivity contribution in [2.75, 3.05) is 28.4 Å². The minimum absolute atomic E-state index is 0.512. The fraction of sp³-hybridized carbons (Fsp3) is 1.00. The molecule has 0 aliphatic heterocycles. The van der Waals surface area contributed by atoms with E-state index in [1.807, 2.05) is 0 Å². The van der Waals surface area contributed by atoms with Crippen LogP contribution in [0.1, 0.15) is 54.4 Å². The van der Waals surface area contributed by atoms with E-state index in [2.05, 4.69) is 41.5 Å². The van der Waals surface area contributed by atoms with Gasteiger partial charge in [0.1, 0.15) is 0 Å². The number of rotatable bonds is 10. The fourth-order valence-electron chi connectivity index (χ4n) is 3.07. The van der Waals surface area contributed by atoms with Crippen LogP contribution in [0.4, 0.5) is 0 Å². The summed E-state index contributed by atoms with van der Waals surface area (Å²) in [5, 5.41) is 0. The summed E-state index contributed by atoms with van der Waals surface area (Å²) in [6.45, 7) is 13.0. The third kappa shape index (κ3) is 7.23. The lowest BCUT2D eigenvalue weighted by Crippen LogP contribution is -2.46. The van der Waals surface area contributed by atoms with Crippen LogP contribution in [0, 0.1) is 0 Å². The molecule has 0 aromatic carbocycles. The van der Waals surface area contributed by atoms with Crippen molar-refractivity contribution in [3.8, 4) is 0 Å². The quantitative estimate of drug-likeness (QED) is 0.514. The van der Waals surface area contributed by atoms with Crippen LogP contribution in [0.2, 0.25) is 23.2 Å². The molecule has 0 radical (unpaired) electrons. The van der Waals surface area contributed by atoms with Gasteiger partial charge >= 0.3 is 17.1 Å². The lowest BCUT2D eigenvalue weighted by molar-refractivity contribution is 0.223. The Morgan fingerprint density at radius 2 is 0.955 bits per heavy atom. The number of hydrogen-bond acceptors (Lipinski definition) is 4. The van der Waals surface area contributed by atoms with E-state index in [0.29, 0.717) is 11.1 Å². The van der Waals surface area contributed by atoms with Crippen molar-refractivity contribution >= 4 is 17.1 Å². The van der Waals surface area contributed by atoms with Gasteiger partial charge in [-0.05, 0) is 23.2 Å². The van der Waals surface area contributed by atoms with Gasteiger partial charge in [-0.1, -0.05) is 54.4 Å². The molecule has 0 N–H and O–H groups in total. The van der Waals surface area contributed by atoms with Gasteiger partial charge in [-0.15, -0.1) is 0 Å². The third-order valence-corrected chi connectivity index (χ3v) is 12.8. The van der Waals surface area contributed by atoms with E-state index in [0.717, 1.165) is 24.9 Å². The molecule has 0 aromatic heterocycles. The first-order valence-corrected chi connectivity index (χ1v) is 12.7. The van der Waals surface area contributed by atoms with Gasteiger partial charge in [0.25, 0.3) is 0 Å². The summed E-state index contributed by atoms with van der Waals surface area (Å²) >= 11 is 0. The highest BCUT2D eigenvalue weighted by Gasteiger charge is 2.42. The summed E-state index contributed by atoms with van der Waals surface area (Å²) in [5.74, 6) is 0. The second-order valence-corrected chi connectivity index (χ2v) is 14.5. The maximum absolute atomic E-state index is 5.53. The Hall–Kier alpha value is 0.274. The molecule has 6 heteroatoms. The molecule has 0 unspecified atom stereocenters. The Labute approximate surface area is 141 Å². The first-order valence-electron chi connectivity index (χ1n) is 8.46. The maximum Gasteiger partial charge on any atom is 0.342 e. The molecule has 0 saturated carbocycles. The Bertz CT molecular complexity index is 235. The van der Waals surface area contributed by atoms with Crippen molar-refractivity contribution in [2.24, 2.45) is 0 Å². The van der Waals surface area contributed by atoms with E-state index < -0.39 is 17.1 Å². The topological polar surface area (TPSA) is 36.9 Å². The van der Waals surface area contributed by atoms with E-state index in [4.69, 9.17) is 17.7 Å². The molecule has 0 saturated heterocycles. The van der Waals surface area contributed by atoms with Crippen LogP contribution < -0.4 is 0 Å². The molecule has 0 atom stereocenters. The molecule has 0 rings (SSSR count). The molecule has 0 aromatic rings. The summed E-state index contributed by atoms with van der Waals surface area (Å²) in [7, 11) is 3.44. The molecular formula is C16H40O4Si2. The lowest BCUT2D eigenvalue weighted by Gasteiger charge is -2.34. The SMILES string of the molecule is CCC[Si](CCC)(OC)OC.CO[Si](OC)(C(C)C)C(C)C. The summed E-state index contributed by atoms with van der Waals surface area (Å²) in [5.41, 5.74) is 1.02. The van der Waals surface area contributed by atoms with Crippen LogP contribution in [-0.4, -0.2) is 45.6 Å². The van der Waals surface area contributed by atoms with E-state index in [1.54, 1.807) is 28.4 Å². The Morgan fingerprint density at radius 1 is 0.636 bits per heavy atom.